The lowest BCUT2D eigenvalue weighted by Gasteiger charge is -2.27. The molecule has 5 nitrogen and oxygen atoms in total. The van der Waals surface area contributed by atoms with Crippen molar-refractivity contribution >= 4 is 5.95 Å². The predicted octanol–water partition coefficient (Wildman–Crippen LogP) is 3.45. The molecule has 1 aliphatic heterocycles. The van der Waals surface area contributed by atoms with E-state index in [1.807, 2.05) is 32.0 Å². The summed E-state index contributed by atoms with van der Waals surface area (Å²) in [5.41, 5.74) is 3.16. The highest BCUT2D eigenvalue weighted by atomic mass is 16.5. The van der Waals surface area contributed by atoms with Crippen molar-refractivity contribution in [1.29, 1.82) is 0 Å². The summed E-state index contributed by atoms with van der Waals surface area (Å²) in [7, 11) is 3.37. The number of hydrogen-bond acceptors (Lipinski definition) is 5. The third-order valence-electron chi connectivity index (χ3n) is 4.28. The minimum Gasteiger partial charge on any atom is -0.497 e. The molecule has 1 fully saturated rings. The van der Waals surface area contributed by atoms with E-state index in [-0.39, 0.29) is 6.04 Å². The smallest absolute Gasteiger partial charge is 0.226 e. The summed E-state index contributed by atoms with van der Waals surface area (Å²) < 4.78 is 10.9. The van der Waals surface area contributed by atoms with Crippen LogP contribution in [0, 0.1) is 13.8 Å². The number of aryl methyl sites for hydroxylation is 2. The van der Waals surface area contributed by atoms with Crippen LogP contribution in [0.1, 0.15) is 35.8 Å². The lowest BCUT2D eigenvalue weighted by molar-refractivity contribution is 0.388. The van der Waals surface area contributed by atoms with Gasteiger partial charge in [-0.15, -0.1) is 0 Å². The highest BCUT2D eigenvalue weighted by Crippen LogP contribution is 2.40. The summed E-state index contributed by atoms with van der Waals surface area (Å²) in [6.45, 7) is 4.98. The number of nitrogens with zero attached hydrogens (tertiary/aromatic N) is 3. The average molecular weight is 313 g/mol. The molecule has 0 amide bonds. The van der Waals surface area contributed by atoms with Crippen molar-refractivity contribution in [3.05, 3.63) is 41.2 Å². The van der Waals surface area contributed by atoms with E-state index >= 15 is 0 Å². The summed E-state index contributed by atoms with van der Waals surface area (Å²) in [5, 5.41) is 0. The van der Waals surface area contributed by atoms with Gasteiger partial charge in [0.15, 0.2) is 0 Å². The van der Waals surface area contributed by atoms with Gasteiger partial charge in [0.1, 0.15) is 11.5 Å². The van der Waals surface area contributed by atoms with Gasteiger partial charge in [0.2, 0.25) is 5.95 Å². The largest absolute Gasteiger partial charge is 0.497 e. The van der Waals surface area contributed by atoms with Crippen LogP contribution in [0.2, 0.25) is 0 Å². The van der Waals surface area contributed by atoms with Gasteiger partial charge in [0.25, 0.3) is 0 Å². The van der Waals surface area contributed by atoms with Crippen LogP contribution in [0.3, 0.4) is 0 Å². The van der Waals surface area contributed by atoms with Crippen molar-refractivity contribution in [2.24, 2.45) is 0 Å². The fourth-order valence-corrected chi connectivity index (χ4v) is 3.26. The van der Waals surface area contributed by atoms with Crippen LogP contribution in [-0.4, -0.2) is 30.7 Å². The van der Waals surface area contributed by atoms with Gasteiger partial charge in [-0.1, -0.05) is 0 Å². The van der Waals surface area contributed by atoms with Crippen molar-refractivity contribution in [2.75, 3.05) is 25.7 Å². The van der Waals surface area contributed by atoms with Gasteiger partial charge in [-0.3, -0.25) is 0 Å². The van der Waals surface area contributed by atoms with Gasteiger partial charge >= 0.3 is 0 Å². The molecule has 1 atom stereocenters. The van der Waals surface area contributed by atoms with E-state index in [0.717, 1.165) is 53.8 Å². The molecule has 1 saturated heterocycles. The first kappa shape index (κ1) is 15.6. The normalized spacial score (nSPS) is 17.4. The summed E-state index contributed by atoms with van der Waals surface area (Å²) >= 11 is 0. The van der Waals surface area contributed by atoms with Gasteiger partial charge in [-0.25, -0.2) is 9.97 Å². The van der Waals surface area contributed by atoms with Crippen molar-refractivity contribution < 1.29 is 9.47 Å². The lowest BCUT2D eigenvalue weighted by Crippen LogP contribution is -2.25. The Kier molecular flexibility index (Phi) is 4.37. The number of methoxy groups -OCH3 is 2. The van der Waals surface area contributed by atoms with Gasteiger partial charge in [0, 0.05) is 29.6 Å². The predicted molar refractivity (Wildman–Crippen MR) is 90.4 cm³/mol. The Morgan fingerprint density at radius 1 is 1.04 bits per heavy atom. The Morgan fingerprint density at radius 3 is 2.43 bits per heavy atom. The SMILES string of the molecule is COc1ccc(C2CCCN2c2nc(C)cc(C)n2)c(OC)c1. The molecular weight excluding hydrogens is 290 g/mol. The second kappa shape index (κ2) is 6.44. The van der Waals surface area contributed by atoms with Gasteiger partial charge in [0.05, 0.1) is 20.3 Å². The van der Waals surface area contributed by atoms with E-state index in [1.54, 1.807) is 14.2 Å². The average Bonchev–Trinajstić information content (AvgIpc) is 3.02. The monoisotopic (exact) mass is 313 g/mol. The fourth-order valence-electron chi connectivity index (χ4n) is 3.26. The standard InChI is InChI=1S/C18H23N3O2/c1-12-10-13(2)20-18(19-12)21-9-5-6-16(21)15-8-7-14(22-3)11-17(15)23-4/h7-8,10-11,16H,5-6,9H2,1-4H3. The Hall–Kier alpha value is -2.30. The molecule has 0 saturated carbocycles. The lowest BCUT2D eigenvalue weighted by atomic mass is 10.0. The molecule has 0 bridgehead atoms. The van der Waals surface area contributed by atoms with Crippen LogP contribution in [0.4, 0.5) is 5.95 Å². The van der Waals surface area contributed by atoms with Crippen molar-refractivity contribution in [3.8, 4) is 11.5 Å². The summed E-state index contributed by atoms with van der Waals surface area (Å²) in [6.07, 6.45) is 2.19. The first-order chi connectivity index (χ1) is 11.1. The highest BCUT2D eigenvalue weighted by Gasteiger charge is 2.30. The molecule has 5 heteroatoms. The topological polar surface area (TPSA) is 47.5 Å². The van der Waals surface area contributed by atoms with Gasteiger partial charge in [-0.05, 0) is 44.9 Å². The maximum atomic E-state index is 5.58. The number of benzene rings is 1. The number of hydrogen-bond donors (Lipinski definition) is 0. The van der Waals surface area contributed by atoms with E-state index in [9.17, 15) is 0 Å². The number of ether oxygens (including phenoxy) is 2. The molecule has 0 aliphatic carbocycles. The molecule has 1 aliphatic rings. The van der Waals surface area contributed by atoms with Crippen molar-refractivity contribution in [1.82, 2.24) is 9.97 Å². The Morgan fingerprint density at radius 2 is 1.78 bits per heavy atom. The highest BCUT2D eigenvalue weighted by molar-refractivity contribution is 5.48. The Labute approximate surface area is 137 Å². The number of anilines is 1. The summed E-state index contributed by atoms with van der Waals surface area (Å²) in [5.74, 6) is 2.46. The Balaban J connectivity index is 1.98. The maximum absolute atomic E-state index is 5.58. The van der Waals surface area contributed by atoms with E-state index in [4.69, 9.17) is 9.47 Å². The molecule has 3 rings (SSSR count). The summed E-state index contributed by atoms with van der Waals surface area (Å²) in [4.78, 5) is 11.5. The van der Waals surface area contributed by atoms with Crippen molar-refractivity contribution in [2.45, 2.75) is 32.7 Å². The third-order valence-corrected chi connectivity index (χ3v) is 4.28. The van der Waals surface area contributed by atoms with Crippen LogP contribution < -0.4 is 14.4 Å². The minimum absolute atomic E-state index is 0.233. The van der Waals surface area contributed by atoms with Crippen LogP contribution in [0.5, 0.6) is 11.5 Å². The third kappa shape index (κ3) is 3.09. The number of aromatic nitrogens is 2. The molecule has 23 heavy (non-hydrogen) atoms. The Bertz CT molecular complexity index is 682. The fraction of sp³-hybridized carbons (Fsp3) is 0.444. The van der Waals surface area contributed by atoms with E-state index in [1.165, 1.54) is 0 Å². The van der Waals surface area contributed by atoms with Crippen LogP contribution in [-0.2, 0) is 0 Å². The molecule has 0 radical (unpaired) electrons. The minimum atomic E-state index is 0.233. The van der Waals surface area contributed by atoms with E-state index in [2.05, 4.69) is 20.9 Å². The zero-order valence-corrected chi connectivity index (χ0v) is 14.2. The van der Waals surface area contributed by atoms with Gasteiger partial charge < -0.3 is 14.4 Å². The van der Waals surface area contributed by atoms with E-state index in [0.29, 0.717) is 0 Å². The first-order valence-electron chi connectivity index (χ1n) is 7.93. The zero-order chi connectivity index (χ0) is 16.4. The second-order valence-electron chi connectivity index (χ2n) is 5.91. The molecule has 0 spiro atoms. The molecule has 1 aromatic carbocycles. The van der Waals surface area contributed by atoms with E-state index < -0.39 is 0 Å². The van der Waals surface area contributed by atoms with Crippen molar-refractivity contribution in [3.63, 3.8) is 0 Å². The second-order valence-corrected chi connectivity index (χ2v) is 5.91. The maximum Gasteiger partial charge on any atom is 0.226 e. The zero-order valence-electron chi connectivity index (χ0n) is 14.2. The first-order valence-corrected chi connectivity index (χ1v) is 7.93. The van der Waals surface area contributed by atoms with Crippen LogP contribution >= 0.6 is 0 Å². The molecule has 1 unspecified atom stereocenters. The molecule has 2 aromatic rings. The molecule has 1 aromatic heterocycles. The van der Waals surface area contributed by atoms with Crippen LogP contribution in [0.15, 0.2) is 24.3 Å². The molecule has 122 valence electrons. The molecule has 2 heterocycles. The van der Waals surface area contributed by atoms with Gasteiger partial charge in [-0.2, -0.15) is 0 Å². The van der Waals surface area contributed by atoms with Crippen LogP contribution in [0.25, 0.3) is 0 Å². The molecular formula is C18H23N3O2. The number of rotatable bonds is 4. The molecule has 0 N–H and O–H groups in total. The summed E-state index contributed by atoms with van der Waals surface area (Å²) in [6, 6.07) is 8.24. The quantitative estimate of drug-likeness (QED) is 0.865.